The van der Waals surface area contributed by atoms with E-state index in [4.69, 9.17) is 0 Å². The highest BCUT2D eigenvalue weighted by molar-refractivity contribution is 9.09. The van der Waals surface area contributed by atoms with Gasteiger partial charge in [-0.05, 0) is 67.9 Å². The van der Waals surface area contributed by atoms with Crippen LogP contribution in [0, 0.1) is 33.6 Å². The van der Waals surface area contributed by atoms with Crippen LogP contribution in [0.3, 0.4) is 0 Å². The predicted molar refractivity (Wildman–Crippen MR) is 83.8 cm³/mol. The van der Waals surface area contributed by atoms with Crippen LogP contribution in [0.4, 0.5) is 0 Å². The summed E-state index contributed by atoms with van der Waals surface area (Å²) in [4.78, 5) is 0.142. The molecule has 1 aromatic carbocycles. The van der Waals surface area contributed by atoms with Crippen molar-refractivity contribution in [3.8, 4) is 0 Å². The lowest BCUT2D eigenvalue weighted by Crippen LogP contribution is -2.13. The zero-order valence-electron chi connectivity index (χ0n) is 12.0. The molecule has 0 aromatic heterocycles. The lowest BCUT2D eigenvalue weighted by molar-refractivity contribution is 0.577. The van der Waals surface area contributed by atoms with Gasteiger partial charge in [0, 0.05) is 4.83 Å². The molecule has 19 heavy (non-hydrogen) atoms. The molecule has 0 spiro atoms. The van der Waals surface area contributed by atoms with Crippen LogP contribution >= 0.6 is 15.9 Å². The maximum Gasteiger partial charge on any atom is 0.150 e. The van der Waals surface area contributed by atoms with Crippen LogP contribution < -0.4 is 0 Å². The van der Waals surface area contributed by atoms with E-state index in [1.807, 2.05) is 0 Å². The van der Waals surface area contributed by atoms with Crippen molar-refractivity contribution >= 4 is 25.8 Å². The summed E-state index contributed by atoms with van der Waals surface area (Å²) in [6.07, 6.45) is 0.768. The SMILES string of the molecule is Cc1cc(C)c(C)c(C(Br)C2CCS(=O)(=O)C2)c1C. The highest BCUT2D eigenvalue weighted by atomic mass is 79.9. The third-order valence-corrected chi connectivity index (χ3v) is 7.38. The summed E-state index contributed by atoms with van der Waals surface area (Å²) in [5, 5.41) is 0. The summed E-state index contributed by atoms with van der Waals surface area (Å²) < 4.78 is 23.3. The molecule has 2 atom stereocenters. The number of rotatable bonds is 2. The van der Waals surface area contributed by atoms with Gasteiger partial charge in [0.2, 0.25) is 0 Å². The summed E-state index contributed by atoms with van der Waals surface area (Å²) in [7, 11) is -2.82. The van der Waals surface area contributed by atoms with Gasteiger partial charge in [-0.25, -0.2) is 8.42 Å². The predicted octanol–water partition coefficient (Wildman–Crippen LogP) is 3.79. The molecule has 0 N–H and O–H groups in total. The molecule has 0 saturated carbocycles. The molecule has 4 heteroatoms. The molecule has 1 aliphatic heterocycles. The van der Waals surface area contributed by atoms with E-state index in [1.165, 1.54) is 27.8 Å². The van der Waals surface area contributed by atoms with Crippen LogP contribution in [0.15, 0.2) is 6.07 Å². The molecule has 1 heterocycles. The summed E-state index contributed by atoms with van der Waals surface area (Å²) in [5.41, 5.74) is 6.43. The number of halogens is 1. The van der Waals surface area contributed by atoms with E-state index in [0.29, 0.717) is 11.5 Å². The molecule has 1 aromatic rings. The van der Waals surface area contributed by atoms with Crippen molar-refractivity contribution in [2.75, 3.05) is 11.5 Å². The lowest BCUT2D eigenvalue weighted by atomic mass is 9.88. The fourth-order valence-corrected chi connectivity index (χ4v) is 6.18. The molecule has 1 aliphatic rings. The Morgan fingerprint density at radius 2 is 1.68 bits per heavy atom. The Bertz CT molecular complexity index is 579. The summed E-state index contributed by atoms with van der Waals surface area (Å²) in [5.74, 6) is 0.848. The zero-order chi connectivity index (χ0) is 14.4. The van der Waals surface area contributed by atoms with Gasteiger partial charge in [-0.3, -0.25) is 0 Å². The number of benzene rings is 1. The largest absolute Gasteiger partial charge is 0.229 e. The molecule has 0 aliphatic carbocycles. The van der Waals surface area contributed by atoms with Crippen molar-refractivity contribution in [2.45, 2.75) is 38.9 Å². The van der Waals surface area contributed by atoms with E-state index in [2.05, 4.69) is 49.7 Å². The number of sulfone groups is 1. The van der Waals surface area contributed by atoms with Gasteiger partial charge in [0.05, 0.1) is 11.5 Å². The normalized spacial score (nSPS) is 23.5. The molecular weight excluding hydrogens is 324 g/mol. The number of aryl methyl sites for hydroxylation is 2. The van der Waals surface area contributed by atoms with Crippen LogP contribution in [0.2, 0.25) is 0 Å². The second-order valence-corrected chi connectivity index (χ2v) is 8.95. The lowest BCUT2D eigenvalue weighted by Gasteiger charge is -2.23. The highest BCUT2D eigenvalue weighted by Gasteiger charge is 2.34. The zero-order valence-corrected chi connectivity index (χ0v) is 14.4. The Kier molecular flexibility index (Phi) is 4.12. The molecule has 1 fully saturated rings. The minimum atomic E-state index is -2.82. The first kappa shape index (κ1) is 15.0. The smallest absolute Gasteiger partial charge is 0.150 e. The molecule has 2 nitrogen and oxygen atoms in total. The summed E-state index contributed by atoms with van der Waals surface area (Å²) in [6.45, 7) is 8.51. The van der Waals surface area contributed by atoms with Crippen molar-refractivity contribution < 1.29 is 8.42 Å². The molecule has 0 amide bonds. The maximum absolute atomic E-state index is 11.7. The van der Waals surface area contributed by atoms with Gasteiger partial charge in [-0.2, -0.15) is 0 Å². The van der Waals surface area contributed by atoms with Crippen molar-refractivity contribution in [1.82, 2.24) is 0 Å². The van der Waals surface area contributed by atoms with Crippen molar-refractivity contribution in [3.63, 3.8) is 0 Å². The first-order valence-corrected chi connectivity index (χ1v) is 9.38. The third kappa shape index (κ3) is 2.89. The number of hydrogen-bond acceptors (Lipinski definition) is 2. The van der Waals surface area contributed by atoms with Crippen molar-refractivity contribution in [1.29, 1.82) is 0 Å². The minimum absolute atomic E-state index is 0.142. The van der Waals surface area contributed by atoms with E-state index in [9.17, 15) is 8.42 Å². The Labute approximate surface area is 124 Å². The summed E-state index contributed by atoms with van der Waals surface area (Å²) >= 11 is 3.77. The molecule has 0 radical (unpaired) electrons. The standard InChI is InChI=1S/C15H21BrO2S/c1-9-7-10(2)12(4)14(11(9)3)15(16)13-5-6-19(17,18)8-13/h7,13,15H,5-6,8H2,1-4H3. The Balaban J connectivity index is 2.42. The van der Waals surface area contributed by atoms with E-state index in [-0.39, 0.29) is 10.7 Å². The quantitative estimate of drug-likeness (QED) is 0.765. The Morgan fingerprint density at radius 3 is 2.11 bits per heavy atom. The van der Waals surface area contributed by atoms with Crippen LogP contribution in [0.1, 0.15) is 39.1 Å². The highest BCUT2D eigenvalue weighted by Crippen LogP contribution is 2.41. The van der Waals surface area contributed by atoms with Crippen LogP contribution in [0.25, 0.3) is 0 Å². The molecule has 0 bridgehead atoms. The topological polar surface area (TPSA) is 34.1 Å². The van der Waals surface area contributed by atoms with E-state index in [1.54, 1.807) is 0 Å². The monoisotopic (exact) mass is 344 g/mol. The molecule has 106 valence electrons. The maximum atomic E-state index is 11.7. The van der Waals surface area contributed by atoms with Gasteiger partial charge in [0.1, 0.15) is 0 Å². The van der Waals surface area contributed by atoms with E-state index < -0.39 is 9.84 Å². The first-order valence-electron chi connectivity index (χ1n) is 6.64. The number of hydrogen-bond donors (Lipinski definition) is 0. The van der Waals surface area contributed by atoms with Crippen molar-refractivity contribution in [3.05, 3.63) is 33.9 Å². The average Bonchev–Trinajstić information content (AvgIpc) is 2.67. The second kappa shape index (κ2) is 5.21. The van der Waals surface area contributed by atoms with Crippen LogP contribution in [-0.2, 0) is 9.84 Å². The van der Waals surface area contributed by atoms with Gasteiger partial charge in [-0.15, -0.1) is 0 Å². The summed E-state index contributed by atoms with van der Waals surface area (Å²) in [6, 6.07) is 2.21. The second-order valence-electron chi connectivity index (χ2n) is 5.74. The molecule has 2 unspecified atom stereocenters. The van der Waals surface area contributed by atoms with Gasteiger partial charge < -0.3 is 0 Å². The van der Waals surface area contributed by atoms with E-state index in [0.717, 1.165) is 6.42 Å². The van der Waals surface area contributed by atoms with Gasteiger partial charge in [0.15, 0.2) is 9.84 Å². The van der Waals surface area contributed by atoms with Gasteiger partial charge in [0.25, 0.3) is 0 Å². The van der Waals surface area contributed by atoms with Crippen molar-refractivity contribution in [2.24, 2.45) is 5.92 Å². The first-order chi connectivity index (χ1) is 8.73. The molecule has 1 saturated heterocycles. The molecular formula is C15H21BrO2S. The fraction of sp³-hybridized carbons (Fsp3) is 0.600. The van der Waals surface area contributed by atoms with Gasteiger partial charge in [-0.1, -0.05) is 22.0 Å². The minimum Gasteiger partial charge on any atom is -0.229 e. The van der Waals surface area contributed by atoms with Crippen LogP contribution in [-0.4, -0.2) is 19.9 Å². The molecule has 2 rings (SSSR count). The third-order valence-electron chi connectivity index (χ3n) is 4.38. The number of alkyl halides is 1. The van der Waals surface area contributed by atoms with E-state index >= 15 is 0 Å². The average molecular weight is 345 g/mol. The van der Waals surface area contributed by atoms with Crippen LogP contribution in [0.5, 0.6) is 0 Å². The Hall–Kier alpha value is -0.350. The van der Waals surface area contributed by atoms with Gasteiger partial charge >= 0.3 is 0 Å². The Morgan fingerprint density at radius 1 is 1.16 bits per heavy atom. The fourth-order valence-electron chi connectivity index (χ4n) is 2.95.